The Hall–Kier alpha value is -0.700. The van der Waals surface area contributed by atoms with E-state index in [0.29, 0.717) is 5.75 Å². The third-order valence-corrected chi connectivity index (χ3v) is 2.72. The summed E-state index contributed by atoms with van der Waals surface area (Å²) in [5.41, 5.74) is 0. The van der Waals surface area contributed by atoms with Gasteiger partial charge in [0.05, 0.1) is 0 Å². The number of ether oxygens (including phenoxy) is 1. The molecule has 0 saturated carbocycles. The smallest absolute Gasteiger partial charge is 0.228 e. The number of alkyl halides is 1. The molecule has 0 aliphatic rings. The largest absolute Gasteiger partial charge is 0.458 e. The Balaban J connectivity index is 2.92. The number of para-hydroxylation sites is 1. The highest BCUT2D eigenvalue weighted by Gasteiger charge is 2.14. The molecule has 0 atom stereocenters. The van der Waals surface area contributed by atoms with E-state index in [-0.39, 0.29) is 10.9 Å². The van der Waals surface area contributed by atoms with Gasteiger partial charge in [-0.1, -0.05) is 12.1 Å². The minimum absolute atomic E-state index is 0.116. The summed E-state index contributed by atoms with van der Waals surface area (Å²) >= 11 is 0. The number of benzene rings is 1. The molecular formula is C9H12FOS+. The van der Waals surface area contributed by atoms with Crippen LogP contribution in [0.3, 0.4) is 0 Å². The van der Waals surface area contributed by atoms with Crippen molar-refractivity contribution in [3.63, 3.8) is 0 Å². The van der Waals surface area contributed by atoms with Crippen molar-refractivity contribution in [1.82, 2.24) is 0 Å². The standard InChI is InChI=1S/C9H12FOS/c1-12(2)9-6-4-3-5-8(9)11-7-10/h3-6H,7H2,1-2H3/q+1. The van der Waals surface area contributed by atoms with E-state index in [1.165, 1.54) is 0 Å². The zero-order chi connectivity index (χ0) is 8.97. The van der Waals surface area contributed by atoms with Gasteiger partial charge < -0.3 is 4.74 Å². The van der Waals surface area contributed by atoms with Gasteiger partial charge in [-0.15, -0.1) is 0 Å². The molecule has 0 N–H and O–H groups in total. The zero-order valence-electron chi connectivity index (χ0n) is 7.21. The van der Waals surface area contributed by atoms with Crippen molar-refractivity contribution in [2.45, 2.75) is 4.90 Å². The average Bonchev–Trinajstić information content (AvgIpc) is 2.05. The molecule has 1 aromatic rings. The molecule has 1 aromatic carbocycles. The molecule has 0 bridgehead atoms. The Kier molecular flexibility index (Phi) is 3.41. The summed E-state index contributed by atoms with van der Waals surface area (Å²) in [6, 6.07) is 7.55. The van der Waals surface area contributed by atoms with Gasteiger partial charge >= 0.3 is 0 Å². The highest BCUT2D eigenvalue weighted by molar-refractivity contribution is 7.95. The Labute approximate surface area is 74.9 Å². The van der Waals surface area contributed by atoms with E-state index in [2.05, 4.69) is 12.5 Å². The Morgan fingerprint density at radius 2 is 2.00 bits per heavy atom. The van der Waals surface area contributed by atoms with Gasteiger partial charge in [0.2, 0.25) is 6.86 Å². The Bertz CT molecular complexity index is 250. The van der Waals surface area contributed by atoms with Crippen LogP contribution in [-0.4, -0.2) is 19.4 Å². The van der Waals surface area contributed by atoms with Crippen molar-refractivity contribution in [3.8, 4) is 5.75 Å². The molecule has 0 saturated heterocycles. The van der Waals surface area contributed by atoms with Crippen LogP contribution in [0.15, 0.2) is 29.2 Å². The maximum absolute atomic E-state index is 11.9. The monoisotopic (exact) mass is 187 g/mol. The van der Waals surface area contributed by atoms with Crippen molar-refractivity contribution in [1.29, 1.82) is 0 Å². The van der Waals surface area contributed by atoms with Gasteiger partial charge in [-0.25, -0.2) is 4.39 Å². The molecule has 0 fully saturated rings. The lowest BCUT2D eigenvalue weighted by atomic mass is 10.3. The minimum atomic E-state index is -0.756. The predicted octanol–water partition coefficient (Wildman–Crippen LogP) is 2.23. The van der Waals surface area contributed by atoms with Crippen LogP contribution in [0.25, 0.3) is 0 Å². The van der Waals surface area contributed by atoms with Gasteiger partial charge in [0, 0.05) is 10.9 Å². The van der Waals surface area contributed by atoms with E-state index in [9.17, 15) is 4.39 Å². The van der Waals surface area contributed by atoms with E-state index < -0.39 is 6.86 Å². The predicted molar refractivity (Wildman–Crippen MR) is 50.5 cm³/mol. The fraction of sp³-hybridized carbons (Fsp3) is 0.333. The van der Waals surface area contributed by atoms with Gasteiger partial charge in [0.25, 0.3) is 0 Å². The van der Waals surface area contributed by atoms with Crippen molar-refractivity contribution in [2.75, 3.05) is 19.4 Å². The highest BCUT2D eigenvalue weighted by Crippen LogP contribution is 2.22. The van der Waals surface area contributed by atoms with Crippen LogP contribution in [0.1, 0.15) is 0 Å². The highest BCUT2D eigenvalue weighted by atomic mass is 32.2. The summed E-state index contributed by atoms with van der Waals surface area (Å²) in [5.74, 6) is 0.660. The molecule has 12 heavy (non-hydrogen) atoms. The summed E-state index contributed by atoms with van der Waals surface area (Å²) in [6.45, 7) is -0.756. The molecule has 0 radical (unpaired) electrons. The van der Waals surface area contributed by atoms with Crippen molar-refractivity contribution in [2.24, 2.45) is 0 Å². The van der Waals surface area contributed by atoms with Crippen LogP contribution >= 0.6 is 0 Å². The van der Waals surface area contributed by atoms with Gasteiger partial charge in [-0.3, -0.25) is 0 Å². The number of hydrogen-bond acceptors (Lipinski definition) is 1. The summed E-state index contributed by atoms with van der Waals surface area (Å²) in [4.78, 5) is 1.08. The normalized spacial score (nSPS) is 10.3. The molecular weight excluding hydrogens is 175 g/mol. The lowest BCUT2D eigenvalue weighted by molar-refractivity contribution is 0.187. The first kappa shape index (κ1) is 9.39. The third kappa shape index (κ3) is 2.14. The molecule has 0 spiro atoms. The first-order valence-electron chi connectivity index (χ1n) is 3.61. The van der Waals surface area contributed by atoms with Crippen LogP contribution < -0.4 is 4.74 Å². The number of halogens is 1. The average molecular weight is 187 g/mol. The molecule has 0 heterocycles. The van der Waals surface area contributed by atoms with E-state index >= 15 is 0 Å². The van der Waals surface area contributed by atoms with Crippen molar-refractivity contribution >= 4 is 10.9 Å². The minimum Gasteiger partial charge on any atom is -0.458 e. The second-order valence-electron chi connectivity index (χ2n) is 2.52. The zero-order valence-corrected chi connectivity index (χ0v) is 8.03. The van der Waals surface area contributed by atoms with Crippen LogP contribution in [0.2, 0.25) is 0 Å². The summed E-state index contributed by atoms with van der Waals surface area (Å²) in [5, 5.41) is 0. The lowest BCUT2D eigenvalue weighted by Crippen LogP contribution is -2.00. The van der Waals surface area contributed by atoms with E-state index in [1.54, 1.807) is 6.07 Å². The molecule has 3 heteroatoms. The summed E-state index contributed by atoms with van der Waals surface area (Å²) in [7, 11) is 0.116. The summed E-state index contributed by atoms with van der Waals surface area (Å²) < 4.78 is 16.7. The first-order chi connectivity index (χ1) is 5.75. The van der Waals surface area contributed by atoms with Gasteiger partial charge in [-0.05, 0) is 12.1 Å². The topological polar surface area (TPSA) is 9.23 Å². The fourth-order valence-electron chi connectivity index (χ4n) is 0.965. The maximum Gasteiger partial charge on any atom is 0.228 e. The van der Waals surface area contributed by atoms with E-state index in [0.717, 1.165) is 4.90 Å². The van der Waals surface area contributed by atoms with Crippen LogP contribution in [0, 0.1) is 0 Å². The molecule has 1 nitrogen and oxygen atoms in total. The fourth-order valence-corrected chi connectivity index (χ4v) is 1.85. The summed E-state index contributed by atoms with van der Waals surface area (Å²) in [6.07, 6.45) is 4.17. The molecule has 0 unspecified atom stereocenters. The van der Waals surface area contributed by atoms with Crippen molar-refractivity contribution in [3.05, 3.63) is 24.3 Å². The Morgan fingerprint density at radius 3 is 2.58 bits per heavy atom. The van der Waals surface area contributed by atoms with Crippen LogP contribution in [0.5, 0.6) is 5.75 Å². The molecule has 0 amide bonds. The maximum atomic E-state index is 11.9. The lowest BCUT2D eigenvalue weighted by Gasteiger charge is -2.04. The third-order valence-electron chi connectivity index (χ3n) is 1.50. The molecule has 0 aliphatic heterocycles. The number of hydrogen-bond donors (Lipinski definition) is 0. The van der Waals surface area contributed by atoms with Crippen LogP contribution in [0.4, 0.5) is 4.39 Å². The second-order valence-corrected chi connectivity index (χ2v) is 4.59. The molecule has 0 aliphatic carbocycles. The van der Waals surface area contributed by atoms with Crippen LogP contribution in [-0.2, 0) is 10.9 Å². The van der Waals surface area contributed by atoms with E-state index in [1.807, 2.05) is 18.2 Å². The second kappa shape index (κ2) is 4.36. The van der Waals surface area contributed by atoms with Gasteiger partial charge in [0.1, 0.15) is 12.5 Å². The van der Waals surface area contributed by atoms with Crippen molar-refractivity contribution < 1.29 is 9.13 Å². The van der Waals surface area contributed by atoms with Gasteiger partial charge in [0.15, 0.2) is 10.6 Å². The first-order valence-corrected chi connectivity index (χ1v) is 5.65. The quantitative estimate of drug-likeness (QED) is 0.659. The SMILES string of the molecule is C[S+](C)c1ccccc1OCF. The Morgan fingerprint density at radius 1 is 1.33 bits per heavy atom. The van der Waals surface area contributed by atoms with E-state index in [4.69, 9.17) is 4.74 Å². The molecule has 0 aromatic heterocycles. The molecule has 66 valence electrons. The molecule has 1 rings (SSSR count). The number of rotatable bonds is 3. The van der Waals surface area contributed by atoms with Gasteiger partial charge in [-0.2, -0.15) is 0 Å².